The maximum absolute atomic E-state index is 5.51. The van der Waals surface area contributed by atoms with Crippen molar-refractivity contribution in [3.63, 3.8) is 0 Å². The van der Waals surface area contributed by atoms with Crippen molar-refractivity contribution < 1.29 is 4.74 Å². The maximum Gasteiger partial charge on any atom is 0.0716 e. The van der Waals surface area contributed by atoms with E-state index < -0.39 is 0 Å². The number of hydrogen-bond acceptors (Lipinski definition) is 2. The van der Waals surface area contributed by atoms with Crippen molar-refractivity contribution in [2.24, 2.45) is 5.92 Å². The van der Waals surface area contributed by atoms with Gasteiger partial charge in [0.15, 0.2) is 0 Å². The Balaban J connectivity index is 2.06. The molecular formula is C12H23NO. The Bertz CT molecular complexity index is 204. The van der Waals surface area contributed by atoms with Gasteiger partial charge in [-0.1, -0.05) is 13.8 Å². The van der Waals surface area contributed by atoms with Crippen molar-refractivity contribution >= 4 is 0 Å². The van der Waals surface area contributed by atoms with Crippen LogP contribution in [0, 0.1) is 5.92 Å². The van der Waals surface area contributed by atoms with Gasteiger partial charge in [-0.05, 0) is 38.1 Å². The molecule has 14 heavy (non-hydrogen) atoms. The van der Waals surface area contributed by atoms with Crippen LogP contribution < -0.4 is 0 Å². The summed E-state index contributed by atoms with van der Waals surface area (Å²) in [5.41, 5.74) is 0.509. The van der Waals surface area contributed by atoms with E-state index >= 15 is 0 Å². The second-order valence-electron chi connectivity index (χ2n) is 5.43. The molecule has 0 bridgehead atoms. The van der Waals surface area contributed by atoms with Gasteiger partial charge >= 0.3 is 0 Å². The van der Waals surface area contributed by atoms with Gasteiger partial charge in [0.2, 0.25) is 0 Å². The molecule has 2 nitrogen and oxygen atoms in total. The molecule has 2 heteroatoms. The SMILES string of the molecule is CO[C@@H]1CN2CCC[C@@]2(CC(C)C)C1. The van der Waals surface area contributed by atoms with Crippen molar-refractivity contribution in [2.75, 3.05) is 20.2 Å². The summed E-state index contributed by atoms with van der Waals surface area (Å²) in [6.07, 6.45) is 5.90. The van der Waals surface area contributed by atoms with Crippen LogP contribution in [-0.2, 0) is 4.74 Å². The van der Waals surface area contributed by atoms with E-state index in [9.17, 15) is 0 Å². The highest BCUT2D eigenvalue weighted by molar-refractivity contribution is 5.03. The van der Waals surface area contributed by atoms with Gasteiger partial charge in [0.1, 0.15) is 0 Å². The van der Waals surface area contributed by atoms with Gasteiger partial charge in [0.05, 0.1) is 6.10 Å². The largest absolute Gasteiger partial charge is 0.380 e. The molecular weight excluding hydrogens is 174 g/mol. The summed E-state index contributed by atoms with van der Waals surface area (Å²) in [6.45, 7) is 7.15. The molecule has 2 heterocycles. The van der Waals surface area contributed by atoms with Crippen LogP contribution in [0.5, 0.6) is 0 Å². The molecule has 0 saturated carbocycles. The van der Waals surface area contributed by atoms with Crippen LogP contribution >= 0.6 is 0 Å². The second-order valence-corrected chi connectivity index (χ2v) is 5.43. The smallest absolute Gasteiger partial charge is 0.0716 e. The van der Waals surface area contributed by atoms with Crippen LogP contribution in [0.25, 0.3) is 0 Å². The Morgan fingerprint density at radius 1 is 1.50 bits per heavy atom. The number of hydrogen-bond donors (Lipinski definition) is 0. The van der Waals surface area contributed by atoms with Gasteiger partial charge in [0.25, 0.3) is 0 Å². The van der Waals surface area contributed by atoms with Crippen LogP contribution in [0.1, 0.15) is 39.5 Å². The highest BCUT2D eigenvalue weighted by Crippen LogP contribution is 2.43. The number of rotatable bonds is 3. The van der Waals surface area contributed by atoms with Gasteiger partial charge in [-0.3, -0.25) is 4.90 Å². The molecule has 0 aromatic heterocycles. The zero-order chi connectivity index (χ0) is 10.2. The Labute approximate surface area is 87.6 Å². The van der Waals surface area contributed by atoms with Crippen LogP contribution in [0.2, 0.25) is 0 Å². The fourth-order valence-electron chi connectivity index (χ4n) is 3.48. The van der Waals surface area contributed by atoms with E-state index in [-0.39, 0.29) is 0 Å². The second kappa shape index (κ2) is 3.82. The van der Waals surface area contributed by atoms with Gasteiger partial charge in [-0.25, -0.2) is 0 Å². The summed E-state index contributed by atoms with van der Waals surface area (Å²) in [6, 6.07) is 0. The molecule has 2 fully saturated rings. The summed E-state index contributed by atoms with van der Waals surface area (Å²) < 4.78 is 5.51. The van der Waals surface area contributed by atoms with Gasteiger partial charge in [-0.2, -0.15) is 0 Å². The van der Waals surface area contributed by atoms with Gasteiger partial charge < -0.3 is 4.74 Å². The third-order valence-electron chi connectivity index (χ3n) is 3.89. The van der Waals surface area contributed by atoms with E-state index in [1.807, 2.05) is 7.11 Å². The lowest BCUT2D eigenvalue weighted by molar-refractivity contribution is 0.107. The standard InChI is InChI=1S/C12H23NO/c1-10(2)7-12-5-4-6-13(12)9-11(8-12)14-3/h10-11H,4-9H2,1-3H3/t11-,12+/m0/s1. The Hall–Kier alpha value is -0.0800. The molecule has 2 aliphatic rings. The summed E-state index contributed by atoms with van der Waals surface area (Å²) in [5.74, 6) is 0.811. The minimum Gasteiger partial charge on any atom is -0.380 e. The van der Waals surface area contributed by atoms with Crippen molar-refractivity contribution in [2.45, 2.75) is 51.2 Å². The molecule has 0 amide bonds. The minimum absolute atomic E-state index is 0.494. The third-order valence-corrected chi connectivity index (χ3v) is 3.89. The van der Waals surface area contributed by atoms with Crippen molar-refractivity contribution in [1.29, 1.82) is 0 Å². The van der Waals surface area contributed by atoms with Crippen molar-refractivity contribution in [3.05, 3.63) is 0 Å². The quantitative estimate of drug-likeness (QED) is 0.688. The lowest BCUT2D eigenvalue weighted by atomic mass is 9.85. The fraction of sp³-hybridized carbons (Fsp3) is 1.00. The summed E-state index contributed by atoms with van der Waals surface area (Å²) in [7, 11) is 1.86. The summed E-state index contributed by atoms with van der Waals surface area (Å²) in [5, 5.41) is 0. The first kappa shape index (κ1) is 10.4. The number of ether oxygens (including phenoxy) is 1. The van der Waals surface area contributed by atoms with E-state index in [0.717, 1.165) is 5.92 Å². The van der Waals surface area contributed by atoms with Crippen molar-refractivity contribution in [3.8, 4) is 0 Å². The monoisotopic (exact) mass is 197 g/mol. The predicted octanol–water partition coefficient (Wildman–Crippen LogP) is 2.29. The van der Waals surface area contributed by atoms with Crippen molar-refractivity contribution in [1.82, 2.24) is 4.90 Å². The zero-order valence-electron chi connectivity index (χ0n) is 9.75. The lowest BCUT2D eigenvalue weighted by Crippen LogP contribution is -2.39. The normalized spacial score (nSPS) is 38.1. The van der Waals surface area contributed by atoms with Crippen LogP contribution in [0.3, 0.4) is 0 Å². The molecule has 0 unspecified atom stereocenters. The molecule has 0 radical (unpaired) electrons. The number of methoxy groups -OCH3 is 1. The Morgan fingerprint density at radius 3 is 2.93 bits per heavy atom. The number of fused-ring (bicyclic) bond motifs is 1. The van der Waals surface area contributed by atoms with E-state index in [2.05, 4.69) is 18.7 Å². The van der Waals surface area contributed by atoms with Crippen LogP contribution in [0.4, 0.5) is 0 Å². The predicted molar refractivity (Wildman–Crippen MR) is 58.4 cm³/mol. The molecule has 0 aromatic rings. The molecule has 2 aliphatic heterocycles. The Kier molecular flexibility index (Phi) is 2.85. The molecule has 2 rings (SSSR count). The van der Waals surface area contributed by atoms with Crippen LogP contribution in [-0.4, -0.2) is 36.7 Å². The molecule has 0 spiro atoms. The highest BCUT2D eigenvalue weighted by Gasteiger charge is 2.48. The zero-order valence-corrected chi connectivity index (χ0v) is 9.75. The molecule has 0 N–H and O–H groups in total. The average Bonchev–Trinajstić information content (AvgIpc) is 2.58. The van der Waals surface area contributed by atoms with E-state index in [1.165, 1.54) is 38.8 Å². The summed E-state index contributed by atoms with van der Waals surface area (Å²) >= 11 is 0. The lowest BCUT2D eigenvalue weighted by Gasteiger charge is -2.33. The highest BCUT2D eigenvalue weighted by atomic mass is 16.5. The molecule has 0 aromatic carbocycles. The van der Waals surface area contributed by atoms with E-state index in [4.69, 9.17) is 4.74 Å². The first-order valence-electron chi connectivity index (χ1n) is 5.94. The summed E-state index contributed by atoms with van der Waals surface area (Å²) in [4.78, 5) is 2.68. The Morgan fingerprint density at radius 2 is 2.29 bits per heavy atom. The first-order chi connectivity index (χ1) is 6.66. The molecule has 2 atom stereocenters. The molecule has 82 valence electrons. The number of nitrogens with zero attached hydrogens (tertiary/aromatic N) is 1. The van der Waals surface area contributed by atoms with E-state index in [0.29, 0.717) is 11.6 Å². The van der Waals surface area contributed by atoms with Crippen LogP contribution in [0.15, 0.2) is 0 Å². The average molecular weight is 197 g/mol. The fourth-order valence-corrected chi connectivity index (χ4v) is 3.48. The van der Waals surface area contributed by atoms with E-state index in [1.54, 1.807) is 0 Å². The minimum atomic E-state index is 0.494. The third kappa shape index (κ3) is 1.70. The molecule has 2 saturated heterocycles. The van der Waals surface area contributed by atoms with Gasteiger partial charge in [-0.15, -0.1) is 0 Å². The van der Waals surface area contributed by atoms with Gasteiger partial charge in [0, 0.05) is 19.2 Å². The molecule has 0 aliphatic carbocycles. The maximum atomic E-state index is 5.51. The first-order valence-corrected chi connectivity index (χ1v) is 5.94. The topological polar surface area (TPSA) is 12.5 Å².